The van der Waals surface area contributed by atoms with Gasteiger partial charge >= 0.3 is 0 Å². The van der Waals surface area contributed by atoms with Crippen LogP contribution < -0.4 is 0 Å². The van der Waals surface area contributed by atoms with Crippen LogP contribution in [-0.4, -0.2) is 9.55 Å². The average Bonchev–Trinajstić information content (AvgIpc) is 2.72. The molecule has 1 aromatic carbocycles. The second-order valence-electron chi connectivity index (χ2n) is 4.81. The van der Waals surface area contributed by atoms with E-state index in [2.05, 4.69) is 51.8 Å². The van der Waals surface area contributed by atoms with E-state index in [0.29, 0.717) is 0 Å². The fourth-order valence-corrected chi connectivity index (χ4v) is 2.87. The Balaban J connectivity index is 2.03. The van der Waals surface area contributed by atoms with Crippen molar-refractivity contribution in [2.75, 3.05) is 0 Å². The topological polar surface area (TPSA) is 17.8 Å². The average molecular weight is 291 g/mol. The molecule has 0 amide bonds. The van der Waals surface area contributed by atoms with Gasteiger partial charge < -0.3 is 4.57 Å². The van der Waals surface area contributed by atoms with Gasteiger partial charge in [0.25, 0.3) is 0 Å². The van der Waals surface area contributed by atoms with Crippen LogP contribution in [0.1, 0.15) is 19.2 Å². The number of halogens is 1. The number of rotatable bonds is 1. The Morgan fingerprint density at radius 3 is 3.00 bits per heavy atom. The summed E-state index contributed by atoms with van der Waals surface area (Å²) < 4.78 is 3.41. The first-order valence-corrected chi connectivity index (χ1v) is 6.84. The van der Waals surface area contributed by atoms with Crippen molar-refractivity contribution in [2.45, 2.75) is 26.3 Å². The number of fused-ring (bicyclic) bond motifs is 1. The second kappa shape index (κ2) is 4.30. The van der Waals surface area contributed by atoms with Crippen LogP contribution in [-0.2, 0) is 13.0 Å². The van der Waals surface area contributed by atoms with Gasteiger partial charge in [-0.05, 0) is 18.4 Å². The summed E-state index contributed by atoms with van der Waals surface area (Å²) in [5, 5.41) is 0. The van der Waals surface area contributed by atoms with Crippen LogP contribution >= 0.6 is 15.9 Å². The lowest BCUT2D eigenvalue weighted by Crippen LogP contribution is -2.16. The first kappa shape index (κ1) is 11.0. The quantitative estimate of drug-likeness (QED) is 0.779. The van der Waals surface area contributed by atoms with Crippen molar-refractivity contribution >= 4 is 15.9 Å². The first-order valence-electron chi connectivity index (χ1n) is 6.05. The fraction of sp³-hybridized carbons (Fsp3) is 0.357. The van der Waals surface area contributed by atoms with Gasteiger partial charge in [-0.2, -0.15) is 0 Å². The summed E-state index contributed by atoms with van der Waals surface area (Å²) in [5.74, 6) is 1.99. The molecule has 1 atom stereocenters. The molecule has 88 valence electrons. The van der Waals surface area contributed by atoms with E-state index in [4.69, 9.17) is 4.98 Å². The zero-order valence-electron chi connectivity index (χ0n) is 9.86. The minimum absolute atomic E-state index is 0.761. The number of benzene rings is 1. The summed E-state index contributed by atoms with van der Waals surface area (Å²) in [7, 11) is 0. The van der Waals surface area contributed by atoms with Crippen molar-refractivity contribution in [3.8, 4) is 11.3 Å². The maximum atomic E-state index is 4.77. The maximum Gasteiger partial charge on any atom is 0.109 e. The van der Waals surface area contributed by atoms with Crippen LogP contribution in [0.2, 0.25) is 0 Å². The lowest BCUT2D eigenvalue weighted by molar-refractivity contribution is 0.409. The highest BCUT2D eigenvalue weighted by atomic mass is 79.9. The molecule has 1 aliphatic rings. The van der Waals surface area contributed by atoms with Crippen LogP contribution in [0.25, 0.3) is 11.3 Å². The minimum Gasteiger partial charge on any atom is -0.334 e. The molecule has 0 N–H and O–H groups in total. The fourth-order valence-electron chi connectivity index (χ4n) is 2.38. The molecule has 1 aliphatic heterocycles. The monoisotopic (exact) mass is 290 g/mol. The van der Waals surface area contributed by atoms with Gasteiger partial charge in [-0.25, -0.2) is 4.98 Å². The van der Waals surface area contributed by atoms with Crippen molar-refractivity contribution in [3.63, 3.8) is 0 Å². The van der Waals surface area contributed by atoms with E-state index in [1.54, 1.807) is 0 Å². The molecule has 0 saturated carbocycles. The van der Waals surface area contributed by atoms with Crippen molar-refractivity contribution < 1.29 is 0 Å². The van der Waals surface area contributed by atoms with Crippen molar-refractivity contribution in [2.24, 2.45) is 5.92 Å². The molecule has 0 spiro atoms. The number of imidazole rings is 1. The number of hydrogen-bond donors (Lipinski definition) is 0. The lowest BCUT2D eigenvalue weighted by Gasteiger charge is -2.18. The van der Waals surface area contributed by atoms with Gasteiger partial charge in [0.05, 0.1) is 5.69 Å². The molecule has 0 unspecified atom stereocenters. The second-order valence-corrected chi connectivity index (χ2v) is 5.67. The van der Waals surface area contributed by atoms with E-state index in [1.165, 1.54) is 17.8 Å². The molecule has 0 radical (unpaired) electrons. The molecule has 2 aromatic rings. The third-order valence-corrected chi connectivity index (χ3v) is 4.09. The Morgan fingerprint density at radius 1 is 1.35 bits per heavy atom. The summed E-state index contributed by atoms with van der Waals surface area (Å²) in [6, 6.07) is 8.27. The molecule has 0 aliphatic carbocycles. The van der Waals surface area contributed by atoms with Crippen LogP contribution in [0.5, 0.6) is 0 Å². The standard InChI is InChI=1S/C14H15BrN2/c1-10-6-7-17-9-13(16-14(17)8-10)11-4-2-3-5-12(11)15/h2-5,9-10H,6-8H2,1H3/t10-/m0/s1. The van der Waals surface area contributed by atoms with E-state index in [-0.39, 0.29) is 0 Å². The van der Waals surface area contributed by atoms with Crippen LogP contribution in [0.4, 0.5) is 0 Å². The molecule has 0 bridgehead atoms. The minimum atomic E-state index is 0.761. The summed E-state index contributed by atoms with van der Waals surface area (Å²) >= 11 is 3.59. The highest BCUT2D eigenvalue weighted by Gasteiger charge is 2.18. The Labute approximate surface area is 110 Å². The van der Waals surface area contributed by atoms with Crippen molar-refractivity contribution in [3.05, 3.63) is 40.8 Å². The summed E-state index contributed by atoms with van der Waals surface area (Å²) in [5.41, 5.74) is 2.27. The van der Waals surface area contributed by atoms with Gasteiger partial charge in [0.2, 0.25) is 0 Å². The number of aryl methyl sites for hydroxylation is 1. The van der Waals surface area contributed by atoms with Gasteiger partial charge in [0, 0.05) is 29.2 Å². The van der Waals surface area contributed by atoms with Gasteiger partial charge in [0.1, 0.15) is 5.82 Å². The van der Waals surface area contributed by atoms with Gasteiger partial charge in [-0.3, -0.25) is 0 Å². The zero-order chi connectivity index (χ0) is 11.8. The number of hydrogen-bond acceptors (Lipinski definition) is 1. The van der Waals surface area contributed by atoms with Crippen LogP contribution in [0.15, 0.2) is 34.9 Å². The zero-order valence-corrected chi connectivity index (χ0v) is 11.4. The van der Waals surface area contributed by atoms with E-state index < -0.39 is 0 Å². The van der Waals surface area contributed by atoms with E-state index in [0.717, 1.165) is 29.1 Å². The van der Waals surface area contributed by atoms with Crippen molar-refractivity contribution in [1.82, 2.24) is 9.55 Å². The Hall–Kier alpha value is -1.09. The normalized spacial score (nSPS) is 19.1. The molecule has 1 aromatic heterocycles. The SMILES string of the molecule is C[C@H]1CCn2cc(-c3ccccc3Br)nc2C1. The highest BCUT2D eigenvalue weighted by Crippen LogP contribution is 2.29. The number of nitrogens with zero attached hydrogens (tertiary/aromatic N) is 2. The summed E-state index contributed by atoms with van der Waals surface area (Å²) in [6.07, 6.45) is 4.55. The van der Waals surface area contributed by atoms with Crippen LogP contribution in [0, 0.1) is 5.92 Å². The van der Waals surface area contributed by atoms with E-state index in [1.807, 2.05) is 6.07 Å². The van der Waals surface area contributed by atoms with Gasteiger partial charge in [0.15, 0.2) is 0 Å². The van der Waals surface area contributed by atoms with Crippen molar-refractivity contribution in [1.29, 1.82) is 0 Å². The number of aromatic nitrogens is 2. The molecule has 0 fully saturated rings. The molecule has 17 heavy (non-hydrogen) atoms. The molecular weight excluding hydrogens is 276 g/mol. The smallest absolute Gasteiger partial charge is 0.109 e. The van der Waals surface area contributed by atoms with Crippen LogP contribution in [0.3, 0.4) is 0 Å². The third-order valence-electron chi connectivity index (χ3n) is 3.40. The summed E-state index contributed by atoms with van der Waals surface area (Å²) in [6.45, 7) is 3.41. The summed E-state index contributed by atoms with van der Waals surface area (Å²) in [4.78, 5) is 4.77. The lowest BCUT2D eigenvalue weighted by atomic mass is 10.0. The Morgan fingerprint density at radius 2 is 2.18 bits per heavy atom. The van der Waals surface area contributed by atoms with Gasteiger partial charge in [-0.15, -0.1) is 0 Å². The van der Waals surface area contributed by atoms with Gasteiger partial charge in [-0.1, -0.05) is 41.1 Å². The molecule has 2 nitrogen and oxygen atoms in total. The first-order chi connectivity index (χ1) is 8.24. The Bertz CT molecular complexity index is 545. The van der Waals surface area contributed by atoms with E-state index >= 15 is 0 Å². The molecule has 3 heteroatoms. The molecule has 0 saturated heterocycles. The largest absolute Gasteiger partial charge is 0.334 e. The Kier molecular flexibility index (Phi) is 2.79. The molecule has 2 heterocycles. The molecule has 3 rings (SSSR count). The third kappa shape index (κ3) is 2.04. The highest BCUT2D eigenvalue weighted by molar-refractivity contribution is 9.10. The maximum absolute atomic E-state index is 4.77. The predicted octanol–water partition coefficient (Wildman–Crippen LogP) is 3.89. The van der Waals surface area contributed by atoms with E-state index in [9.17, 15) is 0 Å². The predicted molar refractivity (Wildman–Crippen MR) is 72.8 cm³/mol. The molecular formula is C14H15BrN2.